The van der Waals surface area contributed by atoms with Gasteiger partial charge in [0.2, 0.25) is 0 Å². The molecule has 2 aliphatic rings. The van der Waals surface area contributed by atoms with Gasteiger partial charge in [0.1, 0.15) is 0 Å². The second-order valence-corrected chi connectivity index (χ2v) is 7.87. The number of benzene rings is 1. The summed E-state index contributed by atoms with van der Waals surface area (Å²) in [5.41, 5.74) is 2.58. The minimum Gasteiger partial charge on any atom is -0.375 e. The van der Waals surface area contributed by atoms with Gasteiger partial charge >= 0.3 is 0 Å². The maximum atomic E-state index is 11.5. The van der Waals surface area contributed by atoms with Gasteiger partial charge in [-0.15, -0.1) is 0 Å². The van der Waals surface area contributed by atoms with E-state index < -0.39 is 9.84 Å². The Morgan fingerprint density at radius 3 is 2.14 bits per heavy atom. The number of rotatable bonds is 3. The van der Waals surface area contributed by atoms with Crippen molar-refractivity contribution in [2.45, 2.75) is 24.2 Å². The second kappa shape index (κ2) is 5.72. The zero-order valence-corrected chi connectivity index (χ0v) is 13.3. The highest BCUT2D eigenvalue weighted by Gasteiger charge is 2.19. The molecule has 0 unspecified atom stereocenters. The monoisotopic (exact) mass is 306 g/mol. The fourth-order valence-corrected chi connectivity index (χ4v) is 3.72. The summed E-state index contributed by atoms with van der Waals surface area (Å²) in [6, 6.07) is 7.21. The van der Waals surface area contributed by atoms with E-state index in [0.29, 0.717) is 4.90 Å². The molecule has 0 spiro atoms. The van der Waals surface area contributed by atoms with Crippen molar-refractivity contribution >= 4 is 15.5 Å². The third-order valence-electron chi connectivity index (χ3n) is 4.33. The average molecular weight is 306 g/mol. The summed E-state index contributed by atoms with van der Waals surface area (Å²) in [4.78, 5) is 5.19. The fraction of sp³-hybridized carbons (Fsp3) is 0.500. The molecule has 2 aliphatic heterocycles. The topological polar surface area (TPSA) is 40.6 Å². The molecule has 0 saturated carbocycles. The number of anilines is 1. The van der Waals surface area contributed by atoms with Crippen LogP contribution in [-0.2, 0) is 9.84 Å². The van der Waals surface area contributed by atoms with Gasteiger partial charge in [-0.3, -0.25) is 0 Å². The predicted octanol–water partition coefficient (Wildman–Crippen LogP) is 2.28. The number of nitrogens with zero attached hydrogens (tertiary/aromatic N) is 2. The van der Waals surface area contributed by atoms with Crippen LogP contribution in [0.15, 0.2) is 40.9 Å². The largest absolute Gasteiger partial charge is 0.375 e. The zero-order valence-electron chi connectivity index (χ0n) is 12.5. The first-order valence-electron chi connectivity index (χ1n) is 7.53. The number of likely N-dealkylation sites (tertiary alicyclic amines) is 1. The molecule has 0 radical (unpaired) electrons. The van der Waals surface area contributed by atoms with Crippen molar-refractivity contribution in [3.63, 3.8) is 0 Å². The molecule has 0 aliphatic carbocycles. The van der Waals surface area contributed by atoms with E-state index in [0.717, 1.165) is 25.2 Å². The Labute approximate surface area is 127 Å². The Hall–Kier alpha value is -1.49. The molecule has 1 saturated heterocycles. The molecule has 1 aromatic carbocycles. The average Bonchev–Trinajstić information content (AvgIpc) is 3.01. The molecule has 21 heavy (non-hydrogen) atoms. The van der Waals surface area contributed by atoms with Gasteiger partial charge in [-0.2, -0.15) is 0 Å². The third kappa shape index (κ3) is 3.23. The molecule has 0 bridgehead atoms. The summed E-state index contributed by atoms with van der Waals surface area (Å²) >= 11 is 0. The molecular weight excluding hydrogens is 284 g/mol. The molecule has 0 atom stereocenters. The molecule has 114 valence electrons. The van der Waals surface area contributed by atoms with E-state index in [2.05, 4.69) is 15.9 Å². The Morgan fingerprint density at radius 2 is 1.62 bits per heavy atom. The van der Waals surface area contributed by atoms with Gasteiger partial charge in [0.25, 0.3) is 0 Å². The maximum absolute atomic E-state index is 11.5. The van der Waals surface area contributed by atoms with Crippen molar-refractivity contribution < 1.29 is 8.42 Å². The maximum Gasteiger partial charge on any atom is 0.175 e. The normalized spacial score (nSPS) is 19.8. The predicted molar refractivity (Wildman–Crippen MR) is 85.3 cm³/mol. The van der Waals surface area contributed by atoms with Crippen LogP contribution in [0.4, 0.5) is 5.69 Å². The molecule has 0 amide bonds. The molecule has 5 heteroatoms. The lowest BCUT2D eigenvalue weighted by atomic mass is 10.1. The molecular formula is C16H22N2O2S. The quantitative estimate of drug-likeness (QED) is 0.859. The van der Waals surface area contributed by atoms with Crippen molar-refractivity contribution in [1.82, 2.24) is 4.90 Å². The van der Waals surface area contributed by atoms with Crippen LogP contribution < -0.4 is 4.90 Å². The summed E-state index contributed by atoms with van der Waals surface area (Å²) in [5, 5.41) is 0. The van der Waals surface area contributed by atoms with E-state index in [4.69, 9.17) is 0 Å². The van der Waals surface area contributed by atoms with Crippen LogP contribution in [-0.4, -0.2) is 45.8 Å². The fourth-order valence-electron chi connectivity index (χ4n) is 3.09. The van der Waals surface area contributed by atoms with Gasteiger partial charge in [0, 0.05) is 50.2 Å². The van der Waals surface area contributed by atoms with Gasteiger partial charge in [-0.05, 0) is 43.2 Å². The number of hydrogen-bond donors (Lipinski definition) is 0. The van der Waals surface area contributed by atoms with Crippen molar-refractivity contribution in [1.29, 1.82) is 0 Å². The van der Waals surface area contributed by atoms with E-state index >= 15 is 0 Å². The Morgan fingerprint density at radius 1 is 0.952 bits per heavy atom. The minimum absolute atomic E-state index is 0.386. The minimum atomic E-state index is -3.11. The number of sulfone groups is 1. The molecule has 4 nitrogen and oxygen atoms in total. The summed E-state index contributed by atoms with van der Waals surface area (Å²) in [5.74, 6) is 0. The molecule has 1 aromatic rings. The van der Waals surface area contributed by atoms with Gasteiger partial charge in [0.05, 0.1) is 4.90 Å². The van der Waals surface area contributed by atoms with Crippen LogP contribution in [0.2, 0.25) is 0 Å². The van der Waals surface area contributed by atoms with Gasteiger partial charge in [-0.1, -0.05) is 0 Å². The van der Waals surface area contributed by atoms with Crippen LogP contribution in [0.25, 0.3) is 0 Å². The lowest BCUT2D eigenvalue weighted by Crippen LogP contribution is -2.32. The van der Waals surface area contributed by atoms with E-state index in [1.165, 1.54) is 37.9 Å². The lowest BCUT2D eigenvalue weighted by Gasteiger charge is -2.32. The molecule has 2 heterocycles. The van der Waals surface area contributed by atoms with E-state index in [-0.39, 0.29) is 0 Å². The number of hydrogen-bond acceptors (Lipinski definition) is 4. The van der Waals surface area contributed by atoms with E-state index in [1.54, 1.807) is 12.1 Å². The van der Waals surface area contributed by atoms with Crippen LogP contribution in [0.3, 0.4) is 0 Å². The van der Waals surface area contributed by atoms with Crippen LogP contribution in [0.1, 0.15) is 19.3 Å². The highest BCUT2D eigenvalue weighted by molar-refractivity contribution is 7.90. The Balaban J connectivity index is 1.69. The summed E-state index contributed by atoms with van der Waals surface area (Å²) in [6.45, 7) is 4.31. The lowest BCUT2D eigenvalue weighted by molar-refractivity contribution is 0.402. The van der Waals surface area contributed by atoms with E-state index in [9.17, 15) is 8.42 Å². The second-order valence-electron chi connectivity index (χ2n) is 5.85. The van der Waals surface area contributed by atoms with Crippen LogP contribution in [0.5, 0.6) is 0 Å². The van der Waals surface area contributed by atoms with Crippen molar-refractivity contribution in [2.75, 3.05) is 37.3 Å². The third-order valence-corrected chi connectivity index (χ3v) is 5.46. The summed E-state index contributed by atoms with van der Waals surface area (Å²) in [6.07, 6.45) is 7.27. The summed E-state index contributed by atoms with van der Waals surface area (Å²) in [7, 11) is -3.11. The first-order chi connectivity index (χ1) is 10.0. The van der Waals surface area contributed by atoms with Crippen molar-refractivity contribution in [3.05, 3.63) is 36.0 Å². The van der Waals surface area contributed by atoms with Gasteiger partial charge in [-0.25, -0.2) is 8.42 Å². The SMILES string of the molecule is CS(=O)(=O)c1ccc(N2CC=C(N3CCCC3)CC2)cc1. The highest BCUT2D eigenvalue weighted by Crippen LogP contribution is 2.25. The van der Waals surface area contributed by atoms with Crippen LogP contribution in [0, 0.1) is 0 Å². The molecule has 0 N–H and O–H groups in total. The summed E-state index contributed by atoms with van der Waals surface area (Å²) < 4.78 is 23.0. The Bertz CT molecular complexity index is 629. The standard InChI is InChI=1S/C16H22N2O2S/c1-21(19,20)16-6-4-14(5-7-16)18-12-8-15(9-13-18)17-10-2-3-11-17/h4-8H,2-3,9-13H2,1H3. The Kier molecular flexibility index (Phi) is 3.93. The van der Waals surface area contributed by atoms with Crippen LogP contribution >= 0.6 is 0 Å². The molecule has 3 rings (SSSR count). The molecule has 0 aromatic heterocycles. The zero-order chi connectivity index (χ0) is 14.9. The van der Waals surface area contributed by atoms with Gasteiger partial charge < -0.3 is 9.80 Å². The van der Waals surface area contributed by atoms with Gasteiger partial charge in [0.15, 0.2) is 9.84 Å². The van der Waals surface area contributed by atoms with Crippen molar-refractivity contribution in [2.24, 2.45) is 0 Å². The van der Waals surface area contributed by atoms with E-state index in [1.807, 2.05) is 12.1 Å². The molecule has 1 fully saturated rings. The van der Waals surface area contributed by atoms with Crippen molar-refractivity contribution in [3.8, 4) is 0 Å². The highest BCUT2D eigenvalue weighted by atomic mass is 32.2. The smallest absolute Gasteiger partial charge is 0.175 e. The first kappa shape index (κ1) is 14.4. The first-order valence-corrected chi connectivity index (χ1v) is 9.42.